The molecule has 5 nitrogen and oxygen atoms in total. The van der Waals surface area contributed by atoms with Crippen LogP contribution in [0, 0.1) is 11.3 Å². The summed E-state index contributed by atoms with van der Waals surface area (Å²) in [4.78, 5) is 15.0. The molecule has 1 saturated carbocycles. The van der Waals surface area contributed by atoms with E-state index >= 15 is 0 Å². The van der Waals surface area contributed by atoms with Crippen molar-refractivity contribution in [3.63, 3.8) is 0 Å². The summed E-state index contributed by atoms with van der Waals surface area (Å²) < 4.78 is 11.5. The van der Waals surface area contributed by atoms with Gasteiger partial charge in [0.05, 0.1) is 12.2 Å². The first kappa shape index (κ1) is 15.3. The Bertz CT molecular complexity index is 420. The van der Waals surface area contributed by atoms with E-state index in [0.29, 0.717) is 13.1 Å². The van der Waals surface area contributed by atoms with Crippen molar-refractivity contribution in [2.75, 3.05) is 26.3 Å². The summed E-state index contributed by atoms with van der Waals surface area (Å²) >= 11 is 0. The SMILES string of the molecule is CCN(CC1CCCO1)C(=O)C1(N)C2CCOC2C1(C)C. The summed E-state index contributed by atoms with van der Waals surface area (Å²) in [5.41, 5.74) is 5.56. The van der Waals surface area contributed by atoms with Gasteiger partial charge >= 0.3 is 0 Å². The van der Waals surface area contributed by atoms with Crippen LogP contribution in [0.1, 0.15) is 40.0 Å². The fraction of sp³-hybridized carbons (Fsp3) is 0.938. The highest BCUT2D eigenvalue weighted by Crippen LogP contribution is 2.58. The molecule has 3 rings (SSSR count). The van der Waals surface area contributed by atoms with E-state index in [4.69, 9.17) is 15.2 Å². The lowest BCUT2D eigenvalue weighted by atomic mass is 9.47. The lowest BCUT2D eigenvalue weighted by Crippen LogP contribution is -2.80. The fourth-order valence-electron chi connectivity index (χ4n) is 4.47. The van der Waals surface area contributed by atoms with Gasteiger partial charge in [0, 0.05) is 37.6 Å². The van der Waals surface area contributed by atoms with E-state index in [9.17, 15) is 4.79 Å². The van der Waals surface area contributed by atoms with Crippen LogP contribution >= 0.6 is 0 Å². The molecule has 5 heteroatoms. The summed E-state index contributed by atoms with van der Waals surface area (Å²) in [5.74, 6) is 0.246. The minimum absolute atomic E-state index is 0.0808. The average Bonchev–Trinajstić information content (AvgIpc) is 3.13. The molecule has 3 fully saturated rings. The van der Waals surface area contributed by atoms with Crippen LogP contribution < -0.4 is 5.73 Å². The molecule has 4 atom stereocenters. The van der Waals surface area contributed by atoms with Crippen molar-refractivity contribution in [1.29, 1.82) is 0 Å². The van der Waals surface area contributed by atoms with Crippen LogP contribution in [0.4, 0.5) is 0 Å². The van der Waals surface area contributed by atoms with Gasteiger partial charge < -0.3 is 20.1 Å². The number of ether oxygens (including phenoxy) is 2. The third-order valence-electron chi connectivity index (χ3n) is 5.92. The number of nitrogens with zero attached hydrogens (tertiary/aromatic N) is 1. The number of hydrogen-bond acceptors (Lipinski definition) is 4. The third kappa shape index (κ3) is 2.05. The largest absolute Gasteiger partial charge is 0.377 e. The van der Waals surface area contributed by atoms with E-state index in [2.05, 4.69) is 13.8 Å². The Hall–Kier alpha value is -0.650. The molecular formula is C16H28N2O3. The van der Waals surface area contributed by atoms with Crippen LogP contribution in [0.3, 0.4) is 0 Å². The van der Waals surface area contributed by atoms with E-state index in [1.54, 1.807) is 0 Å². The molecule has 1 amide bonds. The van der Waals surface area contributed by atoms with Crippen molar-refractivity contribution >= 4 is 5.91 Å². The Balaban J connectivity index is 1.75. The number of amides is 1. The molecule has 0 bridgehead atoms. The monoisotopic (exact) mass is 296 g/mol. The lowest BCUT2D eigenvalue weighted by Gasteiger charge is -2.61. The predicted octanol–water partition coefficient (Wildman–Crippen LogP) is 1.16. The Morgan fingerprint density at radius 2 is 2.05 bits per heavy atom. The summed E-state index contributed by atoms with van der Waals surface area (Å²) in [6, 6.07) is 0. The van der Waals surface area contributed by atoms with Gasteiger partial charge in [0.25, 0.3) is 0 Å². The lowest BCUT2D eigenvalue weighted by molar-refractivity contribution is -0.185. The third-order valence-corrected chi connectivity index (χ3v) is 5.92. The van der Waals surface area contributed by atoms with Crippen molar-refractivity contribution in [2.45, 2.75) is 57.8 Å². The van der Waals surface area contributed by atoms with Crippen molar-refractivity contribution in [3.8, 4) is 0 Å². The number of carbonyl (C=O) groups is 1. The number of likely N-dealkylation sites (N-methyl/N-ethyl adjacent to an activating group) is 1. The number of carbonyl (C=O) groups excluding carboxylic acids is 1. The maximum Gasteiger partial charge on any atom is 0.243 e. The van der Waals surface area contributed by atoms with Gasteiger partial charge in [-0.05, 0) is 26.2 Å². The molecule has 4 unspecified atom stereocenters. The van der Waals surface area contributed by atoms with Crippen LogP contribution in [0.2, 0.25) is 0 Å². The molecule has 21 heavy (non-hydrogen) atoms. The molecule has 0 radical (unpaired) electrons. The first-order valence-electron chi connectivity index (χ1n) is 8.24. The summed E-state index contributed by atoms with van der Waals surface area (Å²) in [7, 11) is 0. The number of hydrogen-bond donors (Lipinski definition) is 1. The molecular weight excluding hydrogens is 268 g/mol. The highest BCUT2D eigenvalue weighted by molar-refractivity contribution is 5.89. The summed E-state index contributed by atoms with van der Waals surface area (Å²) in [6.07, 6.45) is 3.34. The van der Waals surface area contributed by atoms with E-state index in [1.807, 2.05) is 11.8 Å². The van der Waals surface area contributed by atoms with Gasteiger partial charge in [-0.1, -0.05) is 13.8 Å². The second-order valence-corrected chi connectivity index (χ2v) is 7.26. The Labute approximate surface area is 127 Å². The van der Waals surface area contributed by atoms with E-state index < -0.39 is 5.54 Å². The smallest absolute Gasteiger partial charge is 0.243 e. The van der Waals surface area contributed by atoms with Crippen molar-refractivity contribution in [1.82, 2.24) is 4.90 Å². The Kier molecular flexibility index (Phi) is 3.79. The zero-order chi connectivity index (χ0) is 15.3. The first-order chi connectivity index (χ1) is 9.92. The summed E-state index contributed by atoms with van der Waals surface area (Å²) in [5, 5.41) is 0. The molecule has 2 saturated heterocycles. The molecule has 2 aliphatic heterocycles. The zero-order valence-corrected chi connectivity index (χ0v) is 13.4. The van der Waals surface area contributed by atoms with Crippen LogP contribution in [0.25, 0.3) is 0 Å². The molecule has 0 spiro atoms. The van der Waals surface area contributed by atoms with Gasteiger partial charge in [-0.2, -0.15) is 0 Å². The van der Waals surface area contributed by atoms with Crippen molar-refractivity contribution in [2.24, 2.45) is 17.1 Å². The van der Waals surface area contributed by atoms with Gasteiger partial charge in [-0.3, -0.25) is 4.79 Å². The highest BCUT2D eigenvalue weighted by atomic mass is 16.5. The molecule has 2 N–H and O–H groups in total. The molecule has 120 valence electrons. The minimum atomic E-state index is -0.789. The Morgan fingerprint density at radius 1 is 1.29 bits per heavy atom. The second-order valence-electron chi connectivity index (χ2n) is 7.26. The summed E-state index contributed by atoms with van der Waals surface area (Å²) in [6.45, 7) is 9.05. The van der Waals surface area contributed by atoms with E-state index in [1.165, 1.54) is 0 Å². The fourth-order valence-corrected chi connectivity index (χ4v) is 4.47. The topological polar surface area (TPSA) is 64.8 Å². The molecule has 3 aliphatic rings. The first-order valence-corrected chi connectivity index (χ1v) is 8.24. The maximum atomic E-state index is 13.1. The van der Waals surface area contributed by atoms with Crippen LogP contribution in [0.15, 0.2) is 0 Å². The van der Waals surface area contributed by atoms with Crippen molar-refractivity contribution in [3.05, 3.63) is 0 Å². The molecule has 0 aromatic carbocycles. The van der Waals surface area contributed by atoms with Crippen LogP contribution in [0.5, 0.6) is 0 Å². The Morgan fingerprint density at radius 3 is 2.67 bits per heavy atom. The van der Waals surface area contributed by atoms with Gasteiger partial charge in [0.15, 0.2) is 0 Å². The van der Waals surface area contributed by atoms with Gasteiger partial charge in [0.2, 0.25) is 5.91 Å². The average molecular weight is 296 g/mol. The molecule has 0 aromatic rings. The van der Waals surface area contributed by atoms with Crippen LogP contribution in [-0.4, -0.2) is 54.9 Å². The molecule has 2 heterocycles. The van der Waals surface area contributed by atoms with Crippen molar-refractivity contribution < 1.29 is 14.3 Å². The predicted molar refractivity (Wildman–Crippen MR) is 79.8 cm³/mol. The molecule has 1 aliphatic carbocycles. The maximum absolute atomic E-state index is 13.1. The number of fused-ring (bicyclic) bond motifs is 1. The van der Waals surface area contributed by atoms with Gasteiger partial charge in [-0.25, -0.2) is 0 Å². The minimum Gasteiger partial charge on any atom is -0.377 e. The zero-order valence-electron chi connectivity index (χ0n) is 13.4. The second kappa shape index (κ2) is 5.21. The van der Waals surface area contributed by atoms with E-state index in [0.717, 1.165) is 32.5 Å². The highest BCUT2D eigenvalue weighted by Gasteiger charge is 2.71. The molecule has 0 aromatic heterocycles. The number of nitrogens with two attached hydrogens (primary N) is 1. The van der Waals surface area contributed by atoms with E-state index in [-0.39, 0.29) is 29.4 Å². The quantitative estimate of drug-likeness (QED) is 0.845. The van der Waals surface area contributed by atoms with Crippen LogP contribution in [-0.2, 0) is 14.3 Å². The normalized spacial score (nSPS) is 40.7. The van der Waals surface area contributed by atoms with Gasteiger partial charge in [0.1, 0.15) is 5.54 Å². The number of rotatable bonds is 4. The van der Waals surface area contributed by atoms with Gasteiger partial charge in [-0.15, -0.1) is 0 Å². The standard InChI is InChI=1S/C16H28N2O3/c1-4-18(10-11-6-5-8-20-11)14(19)16(17)12-7-9-21-13(12)15(16,2)3/h11-13H,4-10,17H2,1-3H3.